The van der Waals surface area contributed by atoms with Crippen molar-refractivity contribution in [2.45, 2.75) is 6.61 Å². The maximum atomic E-state index is 9.34. The van der Waals surface area contributed by atoms with Crippen molar-refractivity contribution in [2.75, 3.05) is 0 Å². The van der Waals surface area contributed by atoms with Gasteiger partial charge in [0, 0.05) is 29.5 Å². The number of terminal acetylenes is 1. The minimum absolute atomic E-state index is 0.105. The molecule has 0 aliphatic rings. The molecular formula is C15H11N3O. The summed E-state index contributed by atoms with van der Waals surface area (Å²) >= 11 is 0. The summed E-state index contributed by atoms with van der Waals surface area (Å²) in [7, 11) is 0. The predicted octanol–water partition coefficient (Wildman–Crippen LogP) is 1.89. The Hall–Kier alpha value is -2.64. The lowest BCUT2D eigenvalue weighted by atomic mass is 10.1. The van der Waals surface area contributed by atoms with Crippen LogP contribution >= 0.6 is 0 Å². The second-order valence-electron chi connectivity index (χ2n) is 4.12. The summed E-state index contributed by atoms with van der Waals surface area (Å²) in [5, 5.41) is 10.4. The second kappa shape index (κ2) is 4.56. The van der Waals surface area contributed by atoms with E-state index in [-0.39, 0.29) is 6.61 Å². The number of nitrogens with zero attached hydrogens (tertiary/aromatic N) is 3. The van der Waals surface area contributed by atoms with Gasteiger partial charge in [0.2, 0.25) is 0 Å². The van der Waals surface area contributed by atoms with Crippen LogP contribution in [0.15, 0.2) is 43.0 Å². The van der Waals surface area contributed by atoms with Gasteiger partial charge in [0.15, 0.2) is 0 Å². The minimum atomic E-state index is -0.105. The number of hydrogen-bond acceptors (Lipinski definition) is 3. The molecular weight excluding hydrogens is 238 g/mol. The van der Waals surface area contributed by atoms with Crippen molar-refractivity contribution in [2.24, 2.45) is 0 Å². The van der Waals surface area contributed by atoms with Crippen LogP contribution < -0.4 is 0 Å². The normalized spacial score (nSPS) is 10.5. The van der Waals surface area contributed by atoms with Crippen LogP contribution in [-0.2, 0) is 6.61 Å². The average Bonchev–Trinajstić information content (AvgIpc) is 2.90. The lowest BCUT2D eigenvalue weighted by Crippen LogP contribution is -2.00. The van der Waals surface area contributed by atoms with Crippen molar-refractivity contribution >= 4 is 10.9 Å². The Balaban J connectivity index is 2.20. The Kier molecular flexibility index (Phi) is 2.75. The molecule has 0 aromatic carbocycles. The highest BCUT2D eigenvalue weighted by atomic mass is 16.3. The Morgan fingerprint density at radius 3 is 3.00 bits per heavy atom. The van der Waals surface area contributed by atoms with E-state index in [4.69, 9.17) is 6.42 Å². The Bertz CT molecular complexity index is 783. The quantitative estimate of drug-likeness (QED) is 0.706. The third-order valence-corrected chi connectivity index (χ3v) is 3.04. The lowest BCUT2D eigenvalue weighted by molar-refractivity contribution is 0.281. The molecule has 0 amide bonds. The summed E-state index contributed by atoms with van der Waals surface area (Å²) in [6.45, 7) is -0.105. The minimum Gasteiger partial charge on any atom is -0.392 e. The monoisotopic (exact) mass is 249 g/mol. The number of hydrogen-bond donors (Lipinski definition) is 1. The molecule has 1 N–H and O–H groups in total. The van der Waals surface area contributed by atoms with E-state index in [1.54, 1.807) is 24.7 Å². The van der Waals surface area contributed by atoms with Crippen LogP contribution in [0.2, 0.25) is 0 Å². The van der Waals surface area contributed by atoms with Crippen LogP contribution in [0, 0.1) is 12.3 Å². The molecule has 0 unspecified atom stereocenters. The molecule has 0 aliphatic carbocycles. The smallest absolute Gasteiger partial charge is 0.137 e. The molecule has 19 heavy (non-hydrogen) atoms. The van der Waals surface area contributed by atoms with Crippen molar-refractivity contribution in [3.63, 3.8) is 0 Å². The Labute approximate surface area is 110 Å². The van der Waals surface area contributed by atoms with Crippen molar-refractivity contribution in [3.8, 4) is 18.2 Å². The predicted molar refractivity (Wildman–Crippen MR) is 72.7 cm³/mol. The highest BCUT2D eigenvalue weighted by Crippen LogP contribution is 2.19. The van der Waals surface area contributed by atoms with E-state index in [9.17, 15) is 5.11 Å². The van der Waals surface area contributed by atoms with E-state index in [1.165, 1.54) is 0 Å². The van der Waals surface area contributed by atoms with Gasteiger partial charge in [-0.1, -0.05) is 5.92 Å². The molecule has 3 aromatic heterocycles. The van der Waals surface area contributed by atoms with E-state index in [0.717, 1.165) is 10.9 Å². The van der Waals surface area contributed by atoms with E-state index in [2.05, 4.69) is 15.9 Å². The molecule has 0 saturated carbocycles. The Morgan fingerprint density at radius 2 is 2.21 bits per heavy atom. The molecule has 3 heterocycles. The van der Waals surface area contributed by atoms with Gasteiger partial charge in [-0.25, -0.2) is 4.98 Å². The summed E-state index contributed by atoms with van der Waals surface area (Å²) in [5.74, 6) is 3.23. The maximum Gasteiger partial charge on any atom is 0.137 e. The molecule has 0 aliphatic heterocycles. The van der Waals surface area contributed by atoms with E-state index in [0.29, 0.717) is 16.9 Å². The first kappa shape index (κ1) is 11.5. The van der Waals surface area contributed by atoms with Crippen LogP contribution in [0.5, 0.6) is 0 Å². The first-order valence-corrected chi connectivity index (χ1v) is 5.81. The topological polar surface area (TPSA) is 50.9 Å². The molecule has 0 bridgehead atoms. The van der Waals surface area contributed by atoms with Crippen LogP contribution in [0.1, 0.15) is 11.1 Å². The molecule has 0 saturated heterocycles. The van der Waals surface area contributed by atoms with Gasteiger partial charge in [0.05, 0.1) is 18.3 Å². The average molecular weight is 249 g/mol. The molecule has 0 spiro atoms. The molecule has 3 rings (SSSR count). The SMILES string of the molecule is C#Cc1cnc(-n2ccc3ccncc32)cc1CO. The van der Waals surface area contributed by atoms with Crippen LogP contribution in [0.3, 0.4) is 0 Å². The molecule has 0 atom stereocenters. The highest BCUT2D eigenvalue weighted by Gasteiger charge is 2.07. The summed E-state index contributed by atoms with van der Waals surface area (Å²) in [5.41, 5.74) is 2.27. The summed E-state index contributed by atoms with van der Waals surface area (Å²) in [6, 6.07) is 5.72. The maximum absolute atomic E-state index is 9.34. The van der Waals surface area contributed by atoms with Crippen molar-refractivity contribution in [1.82, 2.24) is 14.5 Å². The molecule has 92 valence electrons. The molecule has 0 radical (unpaired) electrons. The summed E-state index contributed by atoms with van der Waals surface area (Å²) in [4.78, 5) is 8.45. The Morgan fingerprint density at radius 1 is 1.32 bits per heavy atom. The number of rotatable bonds is 2. The van der Waals surface area contributed by atoms with Gasteiger partial charge >= 0.3 is 0 Å². The zero-order valence-corrected chi connectivity index (χ0v) is 10.1. The summed E-state index contributed by atoms with van der Waals surface area (Å²) in [6.07, 6.45) is 12.4. The highest BCUT2D eigenvalue weighted by molar-refractivity contribution is 5.80. The zero-order chi connectivity index (χ0) is 13.2. The van der Waals surface area contributed by atoms with Crippen LogP contribution in [-0.4, -0.2) is 19.6 Å². The number of aliphatic hydroxyl groups is 1. The van der Waals surface area contributed by atoms with Gasteiger partial charge in [-0.15, -0.1) is 6.42 Å². The fourth-order valence-electron chi connectivity index (χ4n) is 2.05. The first-order chi connectivity index (χ1) is 9.33. The fourth-order valence-corrected chi connectivity index (χ4v) is 2.05. The van der Waals surface area contributed by atoms with Gasteiger partial charge in [-0.3, -0.25) is 9.55 Å². The van der Waals surface area contributed by atoms with Crippen LogP contribution in [0.4, 0.5) is 0 Å². The molecule has 3 aromatic rings. The van der Waals surface area contributed by atoms with Crippen molar-refractivity contribution < 1.29 is 5.11 Å². The second-order valence-corrected chi connectivity index (χ2v) is 4.12. The molecule has 4 heteroatoms. The third-order valence-electron chi connectivity index (χ3n) is 3.04. The van der Waals surface area contributed by atoms with E-state index in [1.807, 2.05) is 22.9 Å². The lowest BCUT2D eigenvalue weighted by Gasteiger charge is -2.07. The van der Waals surface area contributed by atoms with Gasteiger partial charge in [0.1, 0.15) is 5.82 Å². The number of aliphatic hydroxyl groups excluding tert-OH is 1. The standard InChI is InChI=1S/C15H11N3O/c1-2-11-8-17-15(7-13(11)10-19)18-6-4-12-3-5-16-9-14(12)18/h1,3-9,19H,10H2. The van der Waals surface area contributed by atoms with Gasteiger partial charge < -0.3 is 5.11 Å². The number of fused-ring (bicyclic) bond motifs is 1. The van der Waals surface area contributed by atoms with Crippen molar-refractivity contribution in [1.29, 1.82) is 0 Å². The molecule has 4 nitrogen and oxygen atoms in total. The van der Waals surface area contributed by atoms with Gasteiger partial charge in [-0.2, -0.15) is 0 Å². The van der Waals surface area contributed by atoms with Gasteiger partial charge in [-0.05, 0) is 23.8 Å². The molecule has 0 fully saturated rings. The third kappa shape index (κ3) is 1.86. The number of pyridine rings is 2. The zero-order valence-electron chi connectivity index (χ0n) is 10.1. The van der Waals surface area contributed by atoms with Gasteiger partial charge in [0.25, 0.3) is 0 Å². The first-order valence-electron chi connectivity index (χ1n) is 5.81. The summed E-state index contributed by atoms with van der Waals surface area (Å²) < 4.78 is 1.92. The largest absolute Gasteiger partial charge is 0.392 e. The van der Waals surface area contributed by atoms with E-state index >= 15 is 0 Å². The van der Waals surface area contributed by atoms with Crippen LogP contribution in [0.25, 0.3) is 16.7 Å². The fraction of sp³-hybridized carbons (Fsp3) is 0.0667. The van der Waals surface area contributed by atoms with E-state index < -0.39 is 0 Å². The number of aromatic nitrogens is 3. The van der Waals surface area contributed by atoms with Crippen molar-refractivity contribution in [3.05, 3.63) is 54.1 Å².